The summed E-state index contributed by atoms with van der Waals surface area (Å²) < 4.78 is 0. The molecule has 202 valence electrons. The second-order valence-electron chi connectivity index (χ2n) is 12.1. The summed E-state index contributed by atoms with van der Waals surface area (Å²) in [5.41, 5.74) is 15.6. The van der Waals surface area contributed by atoms with E-state index < -0.39 is 6.03 Å². The summed E-state index contributed by atoms with van der Waals surface area (Å²) in [6.07, 6.45) is 10.3. The monoisotopic (exact) mass is 527 g/mol. The largest absolute Gasteiger partial charge is 0.395 e. The normalized spacial score (nSPS) is 36.8. The van der Waals surface area contributed by atoms with Crippen molar-refractivity contribution < 1.29 is 9.90 Å². The van der Waals surface area contributed by atoms with Gasteiger partial charge in [-0.3, -0.25) is 10.3 Å². The summed E-state index contributed by atoms with van der Waals surface area (Å²) in [5, 5.41) is 16.9. The van der Waals surface area contributed by atoms with Crippen LogP contribution in [0.25, 0.3) is 5.57 Å². The molecule has 0 spiro atoms. The summed E-state index contributed by atoms with van der Waals surface area (Å²) in [6.45, 7) is 9.69. The quantitative estimate of drug-likeness (QED) is 0.437. The van der Waals surface area contributed by atoms with E-state index in [0.29, 0.717) is 17.8 Å². The molecular formula is C27H41N7O2S. The van der Waals surface area contributed by atoms with Crippen LogP contribution in [0.1, 0.15) is 62.9 Å². The lowest BCUT2D eigenvalue weighted by Crippen LogP contribution is -2.49. The average molecular weight is 528 g/mol. The Hall–Kier alpha value is -2.01. The van der Waals surface area contributed by atoms with E-state index in [1.807, 2.05) is 11.3 Å². The second kappa shape index (κ2) is 9.63. The Morgan fingerprint density at radius 2 is 1.97 bits per heavy atom. The van der Waals surface area contributed by atoms with Gasteiger partial charge >= 0.3 is 6.03 Å². The molecule has 2 heterocycles. The number of primary amides is 1. The lowest BCUT2D eigenvalue weighted by Gasteiger charge is -2.56. The molecule has 6 rings (SSSR count). The number of aromatic nitrogens is 1. The number of allylic oxidation sites excluding steroid dienone is 2. The number of aliphatic hydroxyl groups excluding tert-OH is 1. The maximum absolute atomic E-state index is 11.3. The predicted octanol–water partition coefficient (Wildman–Crippen LogP) is 3.29. The first kappa shape index (κ1) is 25.3. The Kier molecular flexibility index (Phi) is 6.58. The van der Waals surface area contributed by atoms with Crippen molar-refractivity contribution >= 4 is 33.8 Å². The van der Waals surface area contributed by atoms with Crippen molar-refractivity contribution in [3.05, 3.63) is 16.6 Å². The zero-order chi connectivity index (χ0) is 25.8. The minimum absolute atomic E-state index is 0.0634. The molecule has 2 amide bonds. The second-order valence-corrected chi connectivity index (χ2v) is 13.1. The summed E-state index contributed by atoms with van der Waals surface area (Å²) in [4.78, 5) is 20.0. The third-order valence-corrected chi connectivity index (χ3v) is 11.4. The van der Waals surface area contributed by atoms with Crippen LogP contribution >= 0.6 is 11.3 Å². The summed E-state index contributed by atoms with van der Waals surface area (Å²) in [7, 11) is 0. The number of hydrogen-bond acceptors (Lipinski definition) is 8. The molecule has 9 nitrogen and oxygen atoms in total. The van der Waals surface area contributed by atoms with Crippen LogP contribution in [0, 0.1) is 28.6 Å². The molecule has 3 fully saturated rings. The number of aryl methyl sites for hydroxylation is 1. The summed E-state index contributed by atoms with van der Waals surface area (Å²) in [6, 6.07) is -0.577. The molecule has 1 saturated heterocycles. The van der Waals surface area contributed by atoms with E-state index in [1.54, 1.807) is 5.57 Å². The first-order valence-corrected chi connectivity index (χ1v) is 14.8. The van der Waals surface area contributed by atoms with Crippen LogP contribution in [0.15, 0.2) is 11.2 Å². The topological polar surface area (TPSA) is 119 Å². The molecule has 5 aliphatic rings. The van der Waals surface area contributed by atoms with Gasteiger partial charge in [0, 0.05) is 43.9 Å². The van der Waals surface area contributed by atoms with E-state index in [9.17, 15) is 9.90 Å². The number of anilines is 1. The van der Waals surface area contributed by atoms with Crippen molar-refractivity contribution in [2.24, 2.45) is 39.4 Å². The van der Waals surface area contributed by atoms with E-state index in [4.69, 9.17) is 10.7 Å². The Bertz CT molecular complexity index is 1110. The van der Waals surface area contributed by atoms with Crippen molar-refractivity contribution in [2.75, 3.05) is 44.8 Å². The number of aliphatic hydroxyl groups is 1. The van der Waals surface area contributed by atoms with Gasteiger partial charge < -0.3 is 10.8 Å². The summed E-state index contributed by atoms with van der Waals surface area (Å²) in [5.74, 6) is 1.95. The molecule has 2 saturated carbocycles. The number of carbonyl (C=O) groups is 1. The number of hydrazine groups is 1. The number of hydrazone groups is 1. The van der Waals surface area contributed by atoms with Crippen LogP contribution in [-0.2, 0) is 6.42 Å². The number of carbonyl (C=O) groups excluding carboxylic acids is 1. The fourth-order valence-electron chi connectivity index (χ4n) is 8.38. The number of amides is 2. The van der Waals surface area contributed by atoms with Crippen LogP contribution in [0.5, 0.6) is 0 Å². The number of urea groups is 1. The highest BCUT2D eigenvalue weighted by Gasteiger charge is 2.58. The van der Waals surface area contributed by atoms with Crippen LogP contribution in [0.4, 0.5) is 9.93 Å². The lowest BCUT2D eigenvalue weighted by molar-refractivity contribution is 0.0116. The Balaban J connectivity index is 1.20. The smallest absolute Gasteiger partial charge is 0.332 e. The molecule has 1 aromatic heterocycles. The number of thiazole rings is 1. The Morgan fingerprint density at radius 3 is 2.73 bits per heavy atom. The highest BCUT2D eigenvalue weighted by molar-refractivity contribution is 7.16. The summed E-state index contributed by atoms with van der Waals surface area (Å²) >= 11 is 1.84. The number of rotatable bonds is 5. The van der Waals surface area contributed by atoms with Gasteiger partial charge in [0.15, 0.2) is 5.13 Å². The van der Waals surface area contributed by atoms with Gasteiger partial charge in [0.05, 0.1) is 17.2 Å². The van der Waals surface area contributed by atoms with Crippen molar-refractivity contribution in [3.8, 4) is 0 Å². The maximum atomic E-state index is 11.3. The highest BCUT2D eigenvalue weighted by atomic mass is 32.1. The van der Waals surface area contributed by atoms with Crippen molar-refractivity contribution in [1.29, 1.82) is 0 Å². The van der Waals surface area contributed by atoms with Gasteiger partial charge in [-0.1, -0.05) is 31.3 Å². The first-order valence-electron chi connectivity index (χ1n) is 14.0. The zero-order valence-corrected chi connectivity index (χ0v) is 22.9. The fourth-order valence-corrected chi connectivity index (χ4v) is 9.59. The maximum Gasteiger partial charge on any atom is 0.332 e. The van der Waals surface area contributed by atoms with Gasteiger partial charge in [0.1, 0.15) is 0 Å². The lowest BCUT2D eigenvalue weighted by atomic mass is 9.48. The van der Waals surface area contributed by atoms with Crippen molar-refractivity contribution in [2.45, 2.75) is 58.8 Å². The average Bonchev–Trinajstić information content (AvgIpc) is 3.43. The number of nitrogens with zero attached hydrogens (tertiary/aromatic N) is 4. The SMILES string of the molecule is C[C@]12CCc3nc(NN4CCN(CCO)CC4)sc3C1=CC[C@@H]1[C@@H]2CC[C@]2(C)/C(=N/NC(N)=O)CC[C@@H]12. The molecule has 4 aliphatic carbocycles. The van der Waals surface area contributed by atoms with Gasteiger partial charge in [-0.2, -0.15) is 5.10 Å². The van der Waals surface area contributed by atoms with Gasteiger partial charge in [0.25, 0.3) is 0 Å². The minimum Gasteiger partial charge on any atom is -0.395 e. The molecule has 0 radical (unpaired) electrons. The van der Waals surface area contributed by atoms with Crippen LogP contribution < -0.4 is 16.6 Å². The molecule has 0 bridgehead atoms. The van der Waals surface area contributed by atoms with E-state index in [0.717, 1.165) is 75.7 Å². The number of nitrogens with one attached hydrogen (secondary N) is 2. The van der Waals surface area contributed by atoms with E-state index >= 15 is 0 Å². The van der Waals surface area contributed by atoms with Crippen LogP contribution in [0.2, 0.25) is 0 Å². The van der Waals surface area contributed by atoms with E-state index in [-0.39, 0.29) is 17.4 Å². The number of nitrogens with two attached hydrogens (primary N) is 1. The highest BCUT2D eigenvalue weighted by Crippen LogP contribution is 2.65. The third kappa shape index (κ3) is 4.30. The Morgan fingerprint density at radius 1 is 1.19 bits per heavy atom. The molecule has 0 unspecified atom stereocenters. The number of fused-ring (bicyclic) bond motifs is 7. The molecule has 37 heavy (non-hydrogen) atoms. The van der Waals surface area contributed by atoms with E-state index in [1.165, 1.54) is 23.4 Å². The fraction of sp³-hybridized carbons (Fsp3) is 0.741. The van der Waals surface area contributed by atoms with Crippen molar-refractivity contribution in [1.82, 2.24) is 20.3 Å². The van der Waals surface area contributed by atoms with Gasteiger partial charge in [-0.05, 0) is 73.7 Å². The standard InChI is InChI=1S/C27H41N7O2S/c1-26-10-8-21-23(37-25(29-21)32-34-13-11-33(12-14-34)15-16-35)20(26)4-3-17-18-5-6-22(30-31-24(28)36)27(18,2)9-7-19(17)26/h4,17-19,35H,3,5-16H2,1-2H3,(H,29,32)(H3,28,31,36)/b30-22+/t17-,18-,19-,26+,27-/m0/s1. The number of β-amino-alcohol motifs (C(OH)–C–C–N with tert-alkyl or cyclic N) is 1. The first-order chi connectivity index (χ1) is 17.8. The van der Waals surface area contributed by atoms with Crippen LogP contribution in [-0.4, -0.2) is 71.1 Å². The third-order valence-electron chi connectivity index (χ3n) is 10.4. The molecule has 1 aliphatic heterocycles. The van der Waals surface area contributed by atoms with Crippen molar-refractivity contribution in [3.63, 3.8) is 0 Å². The van der Waals surface area contributed by atoms with Gasteiger partial charge in [-0.25, -0.2) is 20.2 Å². The van der Waals surface area contributed by atoms with E-state index in [2.05, 4.69) is 45.8 Å². The molecule has 5 atom stereocenters. The molecule has 10 heteroatoms. The molecular weight excluding hydrogens is 486 g/mol. The number of piperazine rings is 1. The minimum atomic E-state index is -0.577. The predicted molar refractivity (Wildman–Crippen MR) is 147 cm³/mol. The number of hydrogen-bond donors (Lipinski definition) is 4. The van der Waals surface area contributed by atoms with Gasteiger partial charge in [0.2, 0.25) is 0 Å². The molecule has 5 N–H and O–H groups in total. The van der Waals surface area contributed by atoms with Crippen LogP contribution in [0.3, 0.4) is 0 Å². The molecule has 1 aromatic rings. The molecule has 0 aromatic carbocycles. The van der Waals surface area contributed by atoms with Gasteiger partial charge in [-0.15, -0.1) is 0 Å². The zero-order valence-electron chi connectivity index (χ0n) is 22.1. The Labute approximate surface area is 223 Å².